The Morgan fingerprint density at radius 1 is 1.30 bits per heavy atom. The molecular formula is C23H22N4O3. The highest BCUT2D eigenvalue weighted by molar-refractivity contribution is 6.10. The Balaban J connectivity index is 1.76. The molecule has 0 saturated heterocycles. The Labute approximate surface area is 175 Å². The van der Waals surface area contributed by atoms with Gasteiger partial charge in [0.25, 0.3) is 0 Å². The lowest BCUT2D eigenvalue weighted by Crippen LogP contribution is -2.37. The second-order valence-corrected chi connectivity index (χ2v) is 6.85. The SMILES string of the molecule is CC#CC(=O)N1CCOc2c1ccc1ncnc(N[C@@H](C)c3cccc(OC)c3)c21. The molecule has 1 N–H and O–H groups in total. The highest BCUT2D eigenvalue weighted by Gasteiger charge is 2.26. The highest BCUT2D eigenvalue weighted by atomic mass is 16.5. The number of anilines is 2. The van der Waals surface area contributed by atoms with E-state index in [2.05, 4.69) is 27.1 Å². The Kier molecular flexibility index (Phi) is 5.40. The van der Waals surface area contributed by atoms with Crippen LogP contribution in [0.1, 0.15) is 25.5 Å². The number of hydrogen-bond acceptors (Lipinski definition) is 6. The summed E-state index contributed by atoms with van der Waals surface area (Å²) >= 11 is 0. The fourth-order valence-corrected chi connectivity index (χ4v) is 3.52. The fraction of sp³-hybridized carbons (Fsp3) is 0.261. The van der Waals surface area contributed by atoms with E-state index in [0.717, 1.165) is 22.2 Å². The third-order valence-corrected chi connectivity index (χ3v) is 5.01. The molecule has 152 valence electrons. The van der Waals surface area contributed by atoms with Crippen molar-refractivity contribution in [2.45, 2.75) is 19.9 Å². The Morgan fingerprint density at radius 2 is 2.17 bits per heavy atom. The number of amides is 1. The summed E-state index contributed by atoms with van der Waals surface area (Å²) in [5.41, 5.74) is 2.47. The van der Waals surface area contributed by atoms with Crippen LogP contribution in [-0.2, 0) is 4.79 Å². The molecule has 2 heterocycles. The summed E-state index contributed by atoms with van der Waals surface area (Å²) in [6, 6.07) is 11.5. The smallest absolute Gasteiger partial charge is 0.303 e. The van der Waals surface area contributed by atoms with E-state index in [0.29, 0.717) is 30.4 Å². The fourth-order valence-electron chi connectivity index (χ4n) is 3.52. The predicted molar refractivity (Wildman–Crippen MR) is 116 cm³/mol. The second-order valence-electron chi connectivity index (χ2n) is 6.85. The molecule has 1 atom stereocenters. The van der Waals surface area contributed by atoms with Crippen LogP contribution < -0.4 is 19.7 Å². The number of aromatic nitrogens is 2. The van der Waals surface area contributed by atoms with Crippen molar-refractivity contribution >= 4 is 28.3 Å². The summed E-state index contributed by atoms with van der Waals surface area (Å²) in [6.07, 6.45) is 1.52. The molecule has 1 amide bonds. The molecule has 0 radical (unpaired) electrons. The average Bonchev–Trinajstić information content (AvgIpc) is 2.78. The van der Waals surface area contributed by atoms with Gasteiger partial charge >= 0.3 is 5.91 Å². The van der Waals surface area contributed by atoms with Crippen molar-refractivity contribution in [1.29, 1.82) is 0 Å². The second kappa shape index (κ2) is 8.29. The lowest BCUT2D eigenvalue weighted by molar-refractivity contribution is -0.113. The summed E-state index contributed by atoms with van der Waals surface area (Å²) < 4.78 is 11.3. The van der Waals surface area contributed by atoms with Gasteiger partial charge in [-0.1, -0.05) is 18.1 Å². The average molecular weight is 402 g/mol. The minimum atomic E-state index is -0.252. The number of nitrogens with zero attached hydrogens (tertiary/aromatic N) is 3. The first-order valence-corrected chi connectivity index (χ1v) is 9.67. The van der Waals surface area contributed by atoms with Crippen molar-refractivity contribution in [2.24, 2.45) is 0 Å². The number of hydrogen-bond donors (Lipinski definition) is 1. The van der Waals surface area contributed by atoms with Crippen LogP contribution in [-0.4, -0.2) is 36.1 Å². The molecule has 3 aromatic rings. The van der Waals surface area contributed by atoms with E-state index >= 15 is 0 Å². The van der Waals surface area contributed by atoms with E-state index in [1.54, 1.807) is 18.9 Å². The molecule has 30 heavy (non-hydrogen) atoms. The Morgan fingerprint density at radius 3 is 2.97 bits per heavy atom. The van der Waals surface area contributed by atoms with Gasteiger partial charge in [-0.3, -0.25) is 9.69 Å². The van der Waals surface area contributed by atoms with E-state index in [1.807, 2.05) is 43.3 Å². The molecule has 2 aromatic carbocycles. The minimum absolute atomic E-state index is 0.0404. The largest absolute Gasteiger partial charge is 0.497 e. The number of methoxy groups -OCH3 is 1. The van der Waals surface area contributed by atoms with Crippen LogP contribution in [0, 0.1) is 11.8 Å². The molecule has 1 aliphatic heterocycles. The van der Waals surface area contributed by atoms with Crippen molar-refractivity contribution in [3.05, 3.63) is 48.3 Å². The lowest BCUT2D eigenvalue weighted by atomic mass is 10.1. The van der Waals surface area contributed by atoms with E-state index < -0.39 is 0 Å². The molecule has 0 bridgehead atoms. The van der Waals surface area contributed by atoms with Crippen molar-refractivity contribution in [2.75, 3.05) is 30.5 Å². The van der Waals surface area contributed by atoms with E-state index in [-0.39, 0.29) is 11.9 Å². The zero-order chi connectivity index (χ0) is 21.1. The van der Waals surface area contributed by atoms with Gasteiger partial charge in [-0.15, -0.1) is 0 Å². The van der Waals surface area contributed by atoms with Gasteiger partial charge in [0.1, 0.15) is 24.5 Å². The van der Waals surface area contributed by atoms with Crippen molar-refractivity contribution < 1.29 is 14.3 Å². The molecule has 0 fully saturated rings. The molecule has 1 aromatic heterocycles. The number of fused-ring (bicyclic) bond motifs is 3. The van der Waals surface area contributed by atoms with Crippen LogP contribution in [0.4, 0.5) is 11.5 Å². The Hall–Kier alpha value is -3.79. The zero-order valence-corrected chi connectivity index (χ0v) is 17.1. The first kappa shape index (κ1) is 19.5. The van der Waals surface area contributed by atoms with Crippen LogP contribution in [0.5, 0.6) is 11.5 Å². The number of nitrogens with one attached hydrogen (secondary N) is 1. The van der Waals surface area contributed by atoms with E-state index in [9.17, 15) is 4.79 Å². The Bertz CT molecular complexity index is 1170. The first-order chi connectivity index (χ1) is 14.6. The van der Waals surface area contributed by atoms with Gasteiger partial charge in [0.15, 0.2) is 5.75 Å². The van der Waals surface area contributed by atoms with Gasteiger partial charge < -0.3 is 14.8 Å². The van der Waals surface area contributed by atoms with Gasteiger partial charge in [0, 0.05) is 0 Å². The zero-order valence-electron chi connectivity index (χ0n) is 17.1. The van der Waals surface area contributed by atoms with Crippen molar-refractivity contribution in [3.63, 3.8) is 0 Å². The molecule has 1 aliphatic rings. The molecule has 4 rings (SSSR count). The normalized spacial score (nSPS) is 13.5. The van der Waals surface area contributed by atoms with Gasteiger partial charge in [0.2, 0.25) is 0 Å². The standard InChI is InChI=1S/C23H22N4O3/c1-4-6-20(28)27-11-12-30-22-19(27)10-9-18-21(22)23(25-14-24-18)26-15(2)16-7-5-8-17(13-16)29-3/h5,7-10,13-15H,11-12H2,1-3H3,(H,24,25,26)/t15-/m0/s1. The maximum Gasteiger partial charge on any atom is 0.303 e. The predicted octanol–water partition coefficient (Wildman–Crippen LogP) is 3.56. The van der Waals surface area contributed by atoms with Crippen LogP contribution in [0.3, 0.4) is 0 Å². The summed E-state index contributed by atoms with van der Waals surface area (Å²) in [4.78, 5) is 22.9. The topological polar surface area (TPSA) is 76.6 Å². The van der Waals surface area contributed by atoms with Gasteiger partial charge in [-0.25, -0.2) is 9.97 Å². The summed E-state index contributed by atoms with van der Waals surface area (Å²) in [7, 11) is 1.65. The molecule has 7 heteroatoms. The number of carbonyl (C=O) groups is 1. The summed E-state index contributed by atoms with van der Waals surface area (Å²) in [6.45, 7) is 4.52. The third kappa shape index (κ3) is 3.60. The van der Waals surface area contributed by atoms with Gasteiger partial charge in [-0.05, 0) is 49.6 Å². The maximum absolute atomic E-state index is 12.4. The molecule has 0 aliphatic carbocycles. The van der Waals surface area contributed by atoms with Gasteiger partial charge in [0.05, 0.1) is 36.3 Å². The summed E-state index contributed by atoms with van der Waals surface area (Å²) in [5, 5.41) is 4.20. The monoisotopic (exact) mass is 402 g/mol. The van der Waals surface area contributed by atoms with Crippen LogP contribution in [0.25, 0.3) is 10.9 Å². The number of ether oxygens (including phenoxy) is 2. The maximum atomic E-state index is 12.4. The lowest BCUT2D eigenvalue weighted by Gasteiger charge is -2.29. The quantitative estimate of drug-likeness (QED) is 0.673. The molecule has 0 saturated carbocycles. The van der Waals surface area contributed by atoms with Crippen molar-refractivity contribution in [1.82, 2.24) is 9.97 Å². The third-order valence-electron chi connectivity index (χ3n) is 5.01. The number of carbonyl (C=O) groups excluding carboxylic acids is 1. The van der Waals surface area contributed by atoms with Crippen LogP contribution in [0.15, 0.2) is 42.7 Å². The first-order valence-electron chi connectivity index (χ1n) is 9.67. The number of benzene rings is 2. The van der Waals surface area contributed by atoms with E-state index in [4.69, 9.17) is 9.47 Å². The number of rotatable bonds is 4. The molecule has 0 unspecified atom stereocenters. The molecule has 7 nitrogen and oxygen atoms in total. The van der Waals surface area contributed by atoms with E-state index in [1.165, 1.54) is 6.33 Å². The molecule has 0 spiro atoms. The highest BCUT2D eigenvalue weighted by Crippen LogP contribution is 2.41. The minimum Gasteiger partial charge on any atom is -0.497 e. The van der Waals surface area contributed by atoms with Crippen LogP contribution >= 0.6 is 0 Å². The van der Waals surface area contributed by atoms with Crippen LogP contribution in [0.2, 0.25) is 0 Å². The summed E-state index contributed by atoms with van der Waals surface area (Å²) in [5.74, 6) is 7.04. The molecular weight excluding hydrogens is 380 g/mol. The van der Waals surface area contributed by atoms with Crippen molar-refractivity contribution in [3.8, 4) is 23.3 Å². The van der Waals surface area contributed by atoms with Gasteiger partial charge in [-0.2, -0.15) is 0 Å².